The summed E-state index contributed by atoms with van der Waals surface area (Å²) >= 11 is 2.73. The summed E-state index contributed by atoms with van der Waals surface area (Å²) in [5.41, 5.74) is -1.21. The standard InChI is InChI=1S/C11H10BrF3O4/c12-7-2-1-5(3-6(7)11(13,14)15)10(19)8(16)4-9(17)18/h1-3,8,10,16,19H,4H2,(H,17,18). The van der Waals surface area contributed by atoms with Gasteiger partial charge in [0, 0.05) is 4.47 Å². The summed E-state index contributed by atoms with van der Waals surface area (Å²) in [5, 5.41) is 27.5. The van der Waals surface area contributed by atoms with Gasteiger partial charge in [-0.25, -0.2) is 0 Å². The van der Waals surface area contributed by atoms with Gasteiger partial charge in [-0.15, -0.1) is 0 Å². The molecule has 0 aliphatic heterocycles. The van der Waals surface area contributed by atoms with Crippen LogP contribution in [0.2, 0.25) is 0 Å². The fourth-order valence-corrected chi connectivity index (χ4v) is 1.93. The molecule has 106 valence electrons. The van der Waals surface area contributed by atoms with Gasteiger partial charge in [0.2, 0.25) is 0 Å². The van der Waals surface area contributed by atoms with E-state index < -0.39 is 36.3 Å². The second-order valence-electron chi connectivity index (χ2n) is 3.85. The first-order chi connectivity index (χ1) is 8.62. The van der Waals surface area contributed by atoms with Crippen molar-refractivity contribution < 1.29 is 33.3 Å². The van der Waals surface area contributed by atoms with Crippen LogP contribution in [0.4, 0.5) is 13.2 Å². The van der Waals surface area contributed by atoms with Crippen molar-refractivity contribution in [3.63, 3.8) is 0 Å². The number of aliphatic hydroxyl groups is 2. The molecule has 1 aromatic carbocycles. The molecule has 0 bridgehead atoms. The minimum atomic E-state index is -4.62. The fourth-order valence-electron chi connectivity index (χ4n) is 1.46. The zero-order chi connectivity index (χ0) is 14.8. The van der Waals surface area contributed by atoms with Gasteiger partial charge in [0.25, 0.3) is 0 Å². The molecule has 0 heterocycles. The van der Waals surface area contributed by atoms with Crippen LogP contribution in [0.1, 0.15) is 23.7 Å². The Kier molecular flexibility index (Phi) is 4.94. The van der Waals surface area contributed by atoms with Gasteiger partial charge in [-0.05, 0) is 17.7 Å². The number of alkyl halides is 3. The number of carboxylic acid groups (broad SMARTS) is 1. The third-order valence-electron chi connectivity index (χ3n) is 2.39. The lowest BCUT2D eigenvalue weighted by Crippen LogP contribution is -2.22. The normalized spacial score (nSPS) is 15.1. The summed E-state index contributed by atoms with van der Waals surface area (Å²) in [6.07, 6.45) is -8.77. The number of rotatable bonds is 4. The Balaban J connectivity index is 3.05. The van der Waals surface area contributed by atoms with E-state index in [1.807, 2.05) is 0 Å². The molecule has 0 amide bonds. The third-order valence-corrected chi connectivity index (χ3v) is 3.08. The van der Waals surface area contributed by atoms with Crippen molar-refractivity contribution in [1.29, 1.82) is 0 Å². The lowest BCUT2D eigenvalue weighted by Gasteiger charge is -2.18. The van der Waals surface area contributed by atoms with Crippen LogP contribution in [0.15, 0.2) is 22.7 Å². The molecule has 0 radical (unpaired) electrons. The van der Waals surface area contributed by atoms with E-state index in [-0.39, 0.29) is 10.0 Å². The summed E-state index contributed by atoms with van der Waals surface area (Å²) in [6.45, 7) is 0. The van der Waals surface area contributed by atoms with E-state index in [0.29, 0.717) is 6.07 Å². The summed E-state index contributed by atoms with van der Waals surface area (Å²) in [6, 6.07) is 2.92. The Morgan fingerprint density at radius 2 is 1.89 bits per heavy atom. The SMILES string of the molecule is O=C(O)CC(O)C(O)c1ccc(Br)c(C(F)(F)F)c1. The summed E-state index contributed by atoms with van der Waals surface area (Å²) in [7, 11) is 0. The Morgan fingerprint density at radius 3 is 2.37 bits per heavy atom. The molecule has 0 aromatic heterocycles. The molecular weight excluding hydrogens is 333 g/mol. The zero-order valence-electron chi connectivity index (χ0n) is 9.36. The maximum Gasteiger partial charge on any atom is 0.417 e. The second-order valence-corrected chi connectivity index (χ2v) is 4.70. The van der Waals surface area contributed by atoms with Crippen LogP contribution in [0, 0.1) is 0 Å². The predicted octanol–water partition coefficient (Wildman–Crippen LogP) is 2.34. The van der Waals surface area contributed by atoms with Crippen LogP contribution < -0.4 is 0 Å². The largest absolute Gasteiger partial charge is 0.481 e. The number of aliphatic carboxylic acids is 1. The Hall–Kier alpha value is -1.12. The van der Waals surface area contributed by atoms with Gasteiger partial charge in [-0.2, -0.15) is 13.2 Å². The minimum absolute atomic E-state index is 0.204. The molecule has 1 rings (SSSR count). The predicted molar refractivity (Wildman–Crippen MR) is 62.4 cm³/mol. The highest BCUT2D eigenvalue weighted by Gasteiger charge is 2.34. The Bertz CT molecular complexity index is 475. The van der Waals surface area contributed by atoms with Crippen molar-refractivity contribution in [2.75, 3.05) is 0 Å². The lowest BCUT2D eigenvalue weighted by atomic mass is 10.00. The number of hydrogen-bond donors (Lipinski definition) is 3. The Morgan fingerprint density at radius 1 is 1.32 bits per heavy atom. The molecule has 0 fully saturated rings. The van der Waals surface area contributed by atoms with Gasteiger partial charge in [0.05, 0.1) is 18.1 Å². The lowest BCUT2D eigenvalue weighted by molar-refractivity contribution is -0.141. The molecule has 0 aliphatic rings. The van der Waals surface area contributed by atoms with Crippen LogP contribution >= 0.6 is 15.9 Å². The molecule has 2 atom stereocenters. The van der Waals surface area contributed by atoms with Crippen LogP contribution in [-0.2, 0) is 11.0 Å². The summed E-state index contributed by atoms with van der Waals surface area (Å²) < 4.78 is 37.7. The summed E-state index contributed by atoms with van der Waals surface area (Å²) in [5.74, 6) is -1.36. The van der Waals surface area contributed by atoms with Gasteiger partial charge in [0.1, 0.15) is 6.10 Å². The molecule has 3 N–H and O–H groups in total. The molecule has 2 unspecified atom stereocenters. The maximum atomic E-state index is 12.6. The number of hydrogen-bond acceptors (Lipinski definition) is 3. The molecule has 0 spiro atoms. The van der Waals surface area contributed by atoms with E-state index in [4.69, 9.17) is 5.11 Å². The molecule has 0 saturated carbocycles. The van der Waals surface area contributed by atoms with E-state index in [2.05, 4.69) is 15.9 Å². The van der Waals surface area contributed by atoms with E-state index in [1.54, 1.807) is 0 Å². The minimum Gasteiger partial charge on any atom is -0.481 e. The highest BCUT2D eigenvalue weighted by Crippen LogP contribution is 2.36. The number of benzene rings is 1. The van der Waals surface area contributed by atoms with E-state index in [1.165, 1.54) is 6.07 Å². The third kappa shape index (κ3) is 4.19. The molecule has 19 heavy (non-hydrogen) atoms. The van der Waals surface area contributed by atoms with Crippen molar-refractivity contribution >= 4 is 21.9 Å². The molecule has 8 heteroatoms. The van der Waals surface area contributed by atoms with Crippen LogP contribution in [0.25, 0.3) is 0 Å². The van der Waals surface area contributed by atoms with Crippen molar-refractivity contribution in [3.05, 3.63) is 33.8 Å². The molecule has 4 nitrogen and oxygen atoms in total. The van der Waals surface area contributed by atoms with Gasteiger partial charge in [-0.1, -0.05) is 22.0 Å². The van der Waals surface area contributed by atoms with Crippen molar-refractivity contribution in [2.45, 2.75) is 24.8 Å². The van der Waals surface area contributed by atoms with Gasteiger partial charge < -0.3 is 15.3 Å². The molecular formula is C11H10BrF3O4. The number of aliphatic hydroxyl groups excluding tert-OH is 2. The van der Waals surface area contributed by atoms with E-state index in [9.17, 15) is 28.2 Å². The number of carboxylic acids is 1. The molecule has 1 aromatic rings. The van der Waals surface area contributed by atoms with Gasteiger partial charge in [-0.3, -0.25) is 4.79 Å². The van der Waals surface area contributed by atoms with Crippen LogP contribution in [0.3, 0.4) is 0 Å². The Labute approximate surface area is 114 Å². The molecule has 0 aliphatic carbocycles. The second kappa shape index (κ2) is 5.89. The summed E-state index contributed by atoms with van der Waals surface area (Å²) in [4.78, 5) is 10.4. The quantitative estimate of drug-likeness (QED) is 0.784. The first-order valence-corrected chi connectivity index (χ1v) is 5.86. The number of halogens is 4. The maximum absolute atomic E-state index is 12.6. The van der Waals surface area contributed by atoms with Crippen LogP contribution in [0.5, 0.6) is 0 Å². The first kappa shape index (κ1) is 15.9. The average molecular weight is 343 g/mol. The van der Waals surface area contributed by atoms with Crippen molar-refractivity contribution in [2.24, 2.45) is 0 Å². The molecule has 0 saturated heterocycles. The topological polar surface area (TPSA) is 77.8 Å². The zero-order valence-corrected chi connectivity index (χ0v) is 10.9. The van der Waals surface area contributed by atoms with Crippen molar-refractivity contribution in [3.8, 4) is 0 Å². The van der Waals surface area contributed by atoms with Crippen molar-refractivity contribution in [1.82, 2.24) is 0 Å². The average Bonchev–Trinajstić information content (AvgIpc) is 2.26. The van der Waals surface area contributed by atoms with Gasteiger partial charge >= 0.3 is 12.1 Å². The smallest absolute Gasteiger partial charge is 0.417 e. The van der Waals surface area contributed by atoms with E-state index in [0.717, 1.165) is 6.07 Å². The highest BCUT2D eigenvalue weighted by molar-refractivity contribution is 9.10. The van der Waals surface area contributed by atoms with Crippen LogP contribution in [-0.4, -0.2) is 27.4 Å². The first-order valence-electron chi connectivity index (χ1n) is 5.07. The monoisotopic (exact) mass is 342 g/mol. The van der Waals surface area contributed by atoms with Gasteiger partial charge in [0.15, 0.2) is 0 Å². The number of carbonyl (C=O) groups is 1. The fraction of sp³-hybridized carbons (Fsp3) is 0.364. The highest BCUT2D eigenvalue weighted by atomic mass is 79.9. The van der Waals surface area contributed by atoms with E-state index >= 15 is 0 Å².